The lowest BCUT2D eigenvalue weighted by atomic mass is 10.00. The van der Waals surface area contributed by atoms with Gasteiger partial charge in [0, 0.05) is 24.7 Å². The molecule has 25 heavy (non-hydrogen) atoms. The van der Waals surface area contributed by atoms with Crippen LogP contribution < -0.4 is 0 Å². The van der Waals surface area contributed by atoms with E-state index in [0.29, 0.717) is 34.6 Å². The van der Waals surface area contributed by atoms with Gasteiger partial charge in [-0.15, -0.1) is 0 Å². The van der Waals surface area contributed by atoms with E-state index in [1.54, 1.807) is 29.2 Å². The van der Waals surface area contributed by atoms with E-state index in [4.69, 9.17) is 27.7 Å². The zero-order valence-electron chi connectivity index (χ0n) is 13.2. The van der Waals surface area contributed by atoms with Gasteiger partial charge in [0.1, 0.15) is 0 Å². The predicted octanol–water partition coefficient (Wildman–Crippen LogP) is 4.85. The molecular weight excluding hydrogens is 359 g/mol. The van der Waals surface area contributed by atoms with E-state index in [2.05, 4.69) is 17.3 Å². The topological polar surface area (TPSA) is 46.3 Å². The van der Waals surface area contributed by atoms with Crippen LogP contribution in [-0.4, -0.2) is 22.5 Å². The van der Waals surface area contributed by atoms with Crippen LogP contribution in [-0.2, 0) is 13.0 Å². The summed E-state index contributed by atoms with van der Waals surface area (Å²) < 4.78 is 5.33. The second-order valence-electron chi connectivity index (χ2n) is 5.95. The number of fused-ring (bicyclic) bond motifs is 1. The summed E-state index contributed by atoms with van der Waals surface area (Å²) in [6, 6.07) is 15.0. The van der Waals surface area contributed by atoms with Crippen LogP contribution in [0.4, 0.5) is 0 Å². The van der Waals surface area contributed by atoms with Gasteiger partial charge >= 0.3 is 0 Å². The minimum atomic E-state index is -0.135. The summed E-state index contributed by atoms with van der Waals surface area (Å²) in [7, 11) is 0. The molecule has 126 valence electrons. The molecule has 1 aliphatic heterocycles. The maximum absolute atomic E-state index is 12.7. The van der Waals surface area contributed by atoms with Gasteiger partial charge in [0.15, 0.2) is 11.5 Å². The second kappa shape index (κ2) is 6.54. The lowest BCUT2D eigenvalue weighted by Gasteiger charge is -2.28. The largest absolute Gasteiger partial charge is 0.355 e. The number of carbonyl (C=O) groups is 1. The van der Waals surface area contributed by atoms with Crippen LogP contribution in [0.5, 0.6) is 0 Å². The summed E-state index contributed by atoms with van der Waals surface area (Å²) in [6.45, 7) is 1.26. The molecule has 0 radical (unpaired) electrons. The number of rotatable bonds is 2. The third-order valence-corrected chi connectivity index (χ3v) is 5.09. The third kappa shape index (κ3) is 3.15. The van der Waals surface area contributed by atoms with Crippen molar-refractivity contribution in [3.8, 4) is 11.3 Å². The Morgan fingerprint density at radius 2 is 1.84 bits per heavy atom. The highest BCUT2D eigenvalue weighted by atomic mass is 35.5. The molecule has 6 heteroatoms. The zero-order valence-corrected chi connectivity index (χ0v) is 14.7. The van der Waals surface area contributed by atoms with Crippen LogP contribution in [0.15, 0.2) is 53.1 Å². The molecule has 0 atom stereocenters. The Labute approximate surface area is 154 Å². The normalized spacial score (nSPS) is 13.6. The fraction of sp³-hybridized carbons (Fsp3) is 0.158. The van der Waals surface area contributed by atoms with Crippen LogP contribution in [0.3, 0.4) is 0 Å². The molecule has 2 aromatic carbocycles. The van der Waals surface area contributed by atoms with Gasteiger partial charge in [-0.05, 0) is 35.7 Å². The monoisotopic (exact) mass is 372 g/mol. The van der Waals surface area contributed by atoms with Crippen molar-refractivity contribution in [2.75, 3.05) is 6.54 Å². The molecule has 0 saturated heterocycles. The van der Waals surface area contributed by atoms with Gasteiger partial charge in [0.25, 0.3) is 5.91 Å². The Morgan fingerprint density at radius 1 is 1.04 bits per heavy atom. The highest BCUT2D eigenvalue weighted by molar-refractivity contribution is 6.42. The summed E-state index contributed by atoms with van der Waals surface area (Å²) in [5.74, 6) is 0.351. The van der Waals surface area contributed by atoms with Gasteiger partial charge in [0.2, 0.25) is 0 Å². The molecule has 1 aliphatic rings. The molecule has 1 aromatic heterocycles. The van der Waals surface area contributed by atoms with Crippen molar-refractivity contribution in [1.82, 2.24) is 10.1 Å². The van der Waals surface area contributed by atoms with Gasteiger partial charge in [0.05, 0.1) is 10.0 Å². The molecular formula is C19H14Cl2N2O2. The Balaban J connectivity index is 1.56. The van der Waals surface area contributed by atoms with Gasteiger partial charge in [-0.25, -0.2) is 0 Å². The Morgan fingerprint density at radius 3 is 2.64 bits per heavy atom. The summed E-state index contributed by atoms with van der Waals surface area (Å²) in [6.07, 6.45) is 0.847. The highest BCUT2D eigenvalue weighted by Gasteiger charge is 2.24. The van der Waals surface area contributed by atoms with Crippen LogP contribution in [0.25, 0.3) is 11.3 Å². The van der Waals surface area contributed by atoms with E-state index in [9.17, 15) is 4.79 Å². The van der Waals surface area contributed by atoms with E-state index in [1.165, 1.54) is 11.1 Å². The van der Waals surface area contributed by atoms with Crippen molar-refractivity contribution in [3.63, 3.8) is 0 Å². The molecule has 4 rings (SSSR count). The fourth-order valence-corrected chi connectivity index (χ4v) is 3.29. The SMILES string of the molecule is O=C(c1cc(-c2ccc(Cl)c(Cl)c2)on1)N1CCc2ccccc2C1. The first-order valence-electron chi connectivity index (χ1n) is 7.90. The molecule has 0 N–H and O–H groups in total. The van der Waals surface area contributed by atoms with E-state index in [-0.39, 0.29) is 5.91 Å². The third-order valence-electron chi connectivity index (χ3n) is 4.35. The van der Waals surface area contributed by atoms with Gasteiger partial charge in [-0.3, -0.25) is 4.79 Å². The average Bonchev–Trinajstić information content (AvgIpc) is 3.13. The lowest BCUT2D eigenvalue weighted by molar-refractivity contribution is 0.0724. The van der Waals surface area contributed by atoms with Crippen molar-refractivity contribution < 1.29 is 9.32 Å². The molecule has 0 bridgehead atoms. The molecule has 0 unspecified atom stereocenters. The molecule has 0 fully saturated rings. The standard InChI is InChI=1S/C19H14Cl2N2O2/c20-15-6-5-13(9-16(15)21)18-10-17(22-25-18)19(24)23-8-7-12-3-1-2-4-14(12)11-23/h1-6,9-10H,7-8,11H2. The lowest BCUT2D eigenvalue weighted by Crippen LogP contribution is -2.36. The van der Waals surface area contributed by atoms with E-state index in [1.807, 2.05) is 12.1 Å². The van der Waals surface area contributed by atoms with E-state index < -0.39 is 0 Å². The Kier molecular flexibility index (Phi) is 4.24. The first kappa shape index (κ1) is 16.2. The number of nitrogens with zero attached hydrogens (tertiary/aromatic N) is 2. The van der Waals surface area contributed by atoms with E-state index in [0.717, 1.165) is 12.0 Å². The molecule has 1 amide bonds. The fourth-order valence-electron chi connectivity index (χ4n) is 2.99. The van der Waals surface area contributed by atoms with Crippen LogP contribution in [0, 0.1) is 0 Å². The van der Waals surface area contributed by atoms with Crippen molar-refractivity contribution in [3.05, 3.63) is 75.4 Å². The van der Waals surface area contributed by atoms with Crippen molar-refractivity contribution in [2.24, 2.45) is 0 Å². The minimum Gasteiger partial charge on any atom is -0.355 e. The van der Waals surface area contributed by atoms with Gasteiger partial charge in [-0.1, -0.05) is 52.6 Å². The van der Waals surface area contributed by atoms with Crippen LogP contribution >= 0.6 is 23.2 Å². The molecule has 0 aliphatic carbocycles. The number of hydrogen-bond donors (Lipinski definition) is 0. The summed E-state index contributed by atoms with van der Waals surface area (Å²) in [5, 5.41) is 4.83. The van der Waals surface area contributed by atoms with Gasteiger partial charge in [-0.2, -0.15) is 0 Å². The first-order valence-corrected chi connectivity index (χ1v) is 8.65. The summed E-state index contributed by atoms with van der Waals surface area (Å²) in [5.41, 5.74) is 3.49. The van der Waals surface area contributed by atoms with Crippen molar-refractivity contribution in [2.45, 2.75) is 13.0 Å². The molecule has 2 heterocycles. The predicted molar refractivity (Wildman–Crippen MR) is 96.8 cm³/mol. The summed E-state index contributed by atoms with van der Waals surface area (Å²) >= 11 is 12.0. The Bertz CT molecular complexity index is 952. The summed E-state index contributed by atoms with van der Waals surface area (Å²) in [4.78, 5) is 14.5. The zero-order chi connectivity index (χ0) is 17.4. The smallest absolute Gasteiger partial charge is 0.276 e. The number of amides is 1. The van der Waals surface area contributed by atoms with Crippen molar-refractivity contribution in [1.29, 1.82) is 0 Å². The molecule has 3 aromatic rings. The first-order chi connectivity index (χ1) is 12.1. The number of benzene rings is 2. The number of carbonyl (C=O) groups excluding carboxylic acids is 1. The minimum absolute atomic E-state index is 0.135. The van der Waals surface area contributed by atoms with Crippen LogP contribution in [0.1, 0.15) is 21.6 Å². The number of aromatic nitrogens is 1. The number of hydrogen-bond acceptors (Lipinski definition) is 3. The second-order valence-corrected chi connectivity index (χ2v) is 6.77. The maximum Gasteiger partial charge on any atom is 0.276 e. The highest BCUT2D eigenvalue weighted by Crippen LogP contribution is 2.29. The quantitative estimate of drug-likeness (QED) is 0.645. The molecule has 0 spiro atoms. The molecule has 4 nitrogen and oxygen atoms in total. The number of halogens is 2. The van der Waals surface area contributed by atoms with Gasteiger partial charge < -0.3 is 9.42 Å². The average molecular weight is 373 g/mol. The van der Waals surface area contributed by atoms with Crippen molar-refractivity contribution >= 4 is 29.1 Å². The van der Waals surface area contributed by atoms with Crippen LogP contribution in [0.2, 0.25) is 10.0 Å². The van der Waals surface area contributed by atoms with E-state index >= 15 is 0 Å². The maximum atomic E-state index is 12.7. The molecule has 0 saturated carbocycles. The Hall–Kier alpha value is -2.30.